The van der Waals surface area contributed by atoms with Gasteiger partial charge in [-0.1, -0.05) is 27.7 Å². The Morgan fingerprint density at radius 3 is 1.50 bits per heavy atom. The van der Waals surface area contributed by atoms with E-state index in [-0.39, 0.29) is 4.38 Å². The van der Waals surface area contributed by atoms with Crippen LogP contribution >= 0.6 is 23.1 Å². The summed E-state index contributed by atoms with van der Waals surface area (Å²) in [6.45, 7) is 8.42. The number of rotatable bonds is 2. The summed E-state index contributed by atoms with van der Waals surface area (Å²) in [5, 5.41) is 10.1. The molecule has 0 saturated carbocycles. The van der Waals surface area contributed by atoms with Crippen molar-refractivity contribution in [3.05, 3.63) is 0 Å². The van der Waals surface area contributed by atoms with Crippen molar-refractivity contribution in [2.75, 3.05) is 0 Å². The Balaban J connectivity index is 4.12. The fourth-order valence-corrected chi connectivity index (χ4v) is 4.38. The summed E-state index contributed by atoms with van der Waals surface area (Å²) in [6.07, 6.45) is 0. The third-order valence-electron chi connectivity index (χ3n) is 1.33. The molecule has 0 amide bonds. The Morgan fingerprint density at radius 1 is 1.20 bits per heavy atom. The lowest BCUT2D eigenvalue weighted by Gasteiger charge is -2.26. The van der Waals surface area contributed by atoms with Gasteiger partial charge in [0, 0.05) is 0 Å². The molecule has 1 N–H and O–H groups in total. The van der Waals surface area contributed by atoms with Crippen molar-refractivity contribution in [2.24, 2.45) is 0 Å². The zero-order valence-electron chi connectivity index (χ0n) is 6.96. The fourth-order valence-electron chi connectivity index (χ4n) is 1.04. The summed E-state index contributed by atoms with van der Waals surface area (Å²) in [5.74, 6) is 0. The maximum atomic E-state index is 9.11. The second-order valence-corrected chi connectivity index (χ2v) is 6.87. The van der Waals surface area contributed by atoms with E-state index in [1.807, 2.05) is 0 Å². The number of thiol groups is 1. The molecule has 0 fully saturated rings. The topological polar surface area (TPSA) is 20.2 Å². The third-order valence-corrected chi connectivity index (χ3v) is 4.63. The van der Waals surface area contributed by atoms with Crippen molar-refractivity contribution in [1.29, 1.82) is 0 Å². The van der Waals surface area contributed by atoms with Crippen LogP contribution in [0.5, 0.6) is 0 Å². The van der Waals surface area contributed by atoms with Crippen molar-refractivity contribution >= 4 is 27.5 Å². The predicted molar refractivity (Wildman–Crippen MR) is 54.5 cm³/mol. The zero-order valence-corrected chi connectivity index (χ0v) is 8.67. The standard InChI is InChI=1S/C7H16OS2/c1-5(2)10(6(3)4)7(8)9/h5-6,10H,1-4H3,(H,8,9). The second-order valence-electron chi connectivity index (χ2n) is 2.88. The molecule has 0 unspecified atom stereocenters. The van der Waals surface area contributed by atoms with E-state index in [0.29, 0.717) is 10.5 Å². The van der Waals surface area contributed by atoms with E-state index >= 15 is 0 Å². The largest absolute Gasteiger partial charge is 0.495 e. The highest BCUT2D eigenvalue weighted by molar-refractivity contribution is 8.36. The molecule has 1 nitrogen and oxygen atoms in total. The molecule has 0 heterocycles. The van der Waals surface area contributed by atoms with Crippen molar-refractivity contribution in [3.8, 4) is 0 Å². The summed E-state index contributed by atoms with van der Waals surface area (Å²) in [7, 11) is -0.451. The lowest BCUT2D eigenvalue weighted by Crippen LogP contribution is -2.13. The van der Waals surface area contributed by atoms with Gasteiger partial charge < -0.3 is 5.11 Å². The summed E-state index contributed by atoms with van der Waals surface area (Å²) < 4.78 is 0.222. The molecule has 0 aromatic carbocycles. The number of hydrogen-bond donors (Lipinski definition) is 2. The Morgan fingerprint density at radius 2 is 1.50 bits per heavy atom. The molecular formula is C7H16OS2. The molecule has 0 spiro atoms. The van der Waals surface area contributed by atoms with Crippen LogP contribution in [0.2, 0.25) is 0 Å². The van der Waals surface area contributed by atoms with E-state index in [9.17, 15) is 0 Å². The van der Waals surface area contributed by atoms with Gasteiger partial charge in [0.2, 0.25) is 0 Å². The molecular weight excluding hydrogens is 164 g/mol. The highest BCUT2D eigenvalue weighted by atomic mass is 32.2. The lowest BCUT2D eigenvalue weighted by atomic mass is 10.5. The molecule has 62 valence electrons. The lowest BCUT2D eigenvalue weighted by molar-refractivity contribution is 0.584. The van der Waals surface area contributed by atoms with Crippen LogP contribution in [0.4, 0.5) is 0 Å². The third kappa shape index (κ3) is 2.88. The van der Waals surface area contributed by atoms with Gasteiger partial charge in [-0.3, -0.25) is 0 Å². The highest BCUT2D eigenvalue weighted by Gasteiger charge is 2.16. The van der Waals surface area contributed by atoms with Crippen LogP contribution in [0, 0.1) is 0 Å². The van der Waals surface area contributed by atoms with Crippen LogP contribution in [0.25, 0.3) is 0 Å². The van der Waals surface area contributed by atoms with Crippen molar-refractivity contribution in [2.45, 2.75) is 38.2 Å². The van der Waals surface area contributed by atoms with Gasteiger partial charge in [0.25, 0.3) is 0 Å². The molecule has 0 aliphatic rings. The average Bonchev–Trinajstić information content (AvgIpc) is 1.59. The minimum absolute atomic E-state index is 0.222. The smallest absolute Gasteiger partial charge is 0.197 e. The number of aliphatic hydroxyl groups excluding tert-OH is 1. The minimum atomic E-state index is -0.451. The molecule has 0 bridgehead atoms. The first-order valence-electron chi connectivity index (χ1n) is 3.48. The summed E-state index contributed by atoms with van der Waals surface area (Å²) in [4.78, 5) is 0. The van der Waals surface area contributed by atoms with Gasteiger partial charge >= 0.3 is 0 Å². The molecule has 0 aromatic heterocycles. The van der Waals surface area contributed by atoms with Crippen molar-refractivity contribution < 1.29 is 5.11 Å². The number of thiocarbonyl (C=S) groups is 1. The van der Waals surface area contributed by atoms with E-state index in [0.717, 1.165) is 0 Å². The van der Waals surface area contributed by atoms with E-state index in [1.165, 1.54) is 0 Å². The van der Waals surface area contributed by atoms with Gasteiger partial charge in [-0.15, -0.1) is 0 Å². The second kappa shape index (κ2) is 4.19. The Bertz CT molecular complexity index is 113. The zero-order chi connectivity index (χ0) is 8.31. The predicted octanol–water partition coefficient (Wildman–Crippen LogP) is 2.65. The minimum Gasteiger partial charge on any atom is -0.495 e. The monoisotopic (exact) mass is 180 g/mol. The summed E-state index contributed by atoms with van der Waals surface area (Å²) in [5.41, 5.74) is 0. The first-order valence-corrected chi connectivity index (χ1v) is 5.37. The molecule has 0 aromatic rings. The molecule has 3 heteroatoms. The Kier molecular flexibility index (Phi) is 4.29. The number of hydrogen-bond acceptors (Lipinski definition) is 1. The van der Waals surface area contributed by atoms with E-state index in [1.54, 1.807) is 0 Å². The summed E-state index contributed by atoms with van der Waals surface area (Å²) >= 11 is 4.75. The SMILES string of the molecule is CC(C)[SH](C(O)=S)C(C)C. The van der Waals surface area contributed by atoms with Gasteiger partial charge in [0.1, 0.15) is 0 Å². The van der Waals surface area contributed by atoms with Gasteiger partial charge in [0.15, 0.2) is 4.38 Å². The van der Waals surface area contributed by atoms with Gasteiger partial charge in [-0.2, -0.15) is 10.9 Å². The van der Waals surface area contributed by atoms with E-state index in [2.05, 4.69) is 27.7 Å². The Labute approximate surface area is 71.2 Å². The molecule has 0 aliphatic heterocycles. The normalized spacial score (nSPS) is 12.4. The molecule has 0 atom stereocenters. The molecule has 0 rings (SSSR count). The Hall–Kier alpha value is 0.240. The average molecular weight is 180 g/mol. The highest BCUT2D eigenvalue weighted by Crippen LogP contribution is 2.36. The van der Waals surface area contributed by atoms with Crippen LogP contribution in [0.15, 0.2) is 0 Å². The number of aliphatic hydroxyl groups is 1. The van der Waals surface area contributed by atoms with Crippen LogP contribution < -0.4 is 0 Å². The molecule has 0 radical (unpaired) electrons. The fraction of sp³-hybridized carbons (Fsp3) is 0.857. The summed E-state index contributed by atoms with van der Waals surface area (Å²) in [6, 6.07) is 0. The maximum absolute atomic E-state index is 9.11. The first kappa shape index (κ1) is 10.2. The van der Waals surface area contributed by atoms with Gasteiger partial charge in [0.05, 0.1) is 0 Å². The van der Waals surface area contributed by atoms with Gasteiger partial charge in [-0.05, 0) is 22.7 Å². The molecule has 0 saturated heterocycles. The van der Waals surface area contributed by atoms with Crippen LogP contribution in [-0.2, 0) is 0 Å². The molecule has 0 aliphatic carbocycles. The van der Waals surface area contributed by atoms with Crippen molar-refractivity contribution in [1.82, 2.24) is 0 Å². The van der Waals surface area contributed by atoms with Crippen LogP contribution in [0.1, 0.15) is 27.7 Å². The van der Waals surface area contributed by atoms with Crippen LogP contribution in [-0.4, -0.2) is 20.0 Å². The van der Waals surface area contributed by atoms with Crippen LogP contribution in [0.3, 0.4) is 0 Å². The van der Waals surface area contributed by atoms with E-state index in [4.69, 9.17) is 17.3 Å². The van der Waals surface area contributed by atoms with Gasteiger partial charge in [-0.25, -0.2) is 0 Å². The first-order chi connectivity index (χ1) is 4.46. The molecule has 10 heavy (non-hydrogen) atoms. The quantitative estimate of drug-likeness (QED) is 0.503. The van der Waals surface area contributed by atoms with E-state index < -0.39 is 10.9 Å². The van der Waals surface area contributed by atoms with Crippen molar-refractivity contribution in [3.63, 3.8) is 0 Å². The maximum Gasteiger partial charge on any atom is 0.197 e.